The average Bonchev–Trinajstić information content (AvgIpc) is 2.16. The summed E-state index contributed by atoms with van der Waals surface area (Å²) in [6, 6.07) is 9.77. The Morgan fingerprint density at radius 2 is 2.08 bits per heavy atom. The van der Waals surface area contributed by atoms with Crippen LogP contribution in [0.5, 0.6) is 5.75 Å². The quantitative estimate of drug-likeness (QED) is 0.674. The highest BCUT2D eigenvalue weighted by Gasteiger charge is 2.01. The molecular formula is C9H11O3. The number of hydrogen-bond acceptors (Lipinski definition) is 3. The van der Waals surface area contributed by atoms with Crippen LogP contribution in [0.4, 0.5) is 0 Å². The highest BCUT2D eigenvalue weighted by atomic mass is 16.5. The average molecular weight is 167 g/mol. The maximum absolute atomic E-state index is 8.94. The van der Waals surface area contributed by atoms with Crippen molar-refractivity contribution in [1.29, 1.82) is 0 Å². The minimum Gasteiger partial charge on any atom is -0.491 e. The highest BCUT2D eigenvalue weighted by molar-refractivity contribution is 5.20. The predicted octanol–water partition coefficient (Wildman–Crippen LogP) is 0.219. The molecule has 3 nitrogen and oxygen atoms in total. The fourth-order valence-electron chi connectivity index (χ4n) is 0.713. The molecule has 1 radical (unpaired) electrons. The number of aliphatic hydroxyl groups is 2. The fourth-order valence-corrected chi connectivity index (χ4v) is 0.713. The summed E-state index contributed by atoms with van der Waals surface area (Å²) in [5.74, 6) is 0.668. The molecule has 1 aromatic carbocycles. The van der Waals surface area contributed by atoms with Crippen LogP contribution in [0.2, 0.25) is 0 Å². The van der Waals surface area contributed by atoms with Crippen LogP contribution in [0.15, 0.2) is 24.3 Å². The Morgan fingerprint density at radius 1 is 1.42 bits per heavy atom. The van der Waals surface area contributed by atoms with Gasteiger partial charge in [0.15, 0.2) is 0 Å². The fraction of sp³-hybridized carbons (Fsp3) is 0.333. The highest BCUT2D eigenvalue weighted by Crippen LogP contribution is 2.07. The molecule has 0 spiro atoms. The van der Waals surface area contributed by atoms with Crippen molar-refractivity contribution in [3.05, 3.63) is 30.3 Å². The van der Waals surface area contributed by atoms with Crippen LogP contribution in [0.25, 0.3) is 0 Å². The van der Waals surface area contributed by atoms with Gasteiger partial charge in [0.1, 0.15) is 18.5 Å². The normalized spacial score (nSPS) is 12.5. The number of benzene rings is 1. The zero-order chi connectivity index (χ0) is 8.81. The molecule has 0 saturated carbocycles. The van der Waals surface area contributed by atoms with E-state index in [1.807, 2.05) is 0 Å². The first-order chi connectivity index (χ1) is 5.83. The van der Waals surface area contributed by atoms with Gasteiger partial charge in [0.25, 0.3) is 0 Å². The molecule has 0 heterocycles. The number of hydrogen-bond donors (Lipinski definition) is 2. The second-order valence-corrected chi connectivity index (χ2v) is 2.38. The molecule has 1 atom stereocenters. The van der Waals surface area contributed by atoms with Gasteiger partial charge in [-0.1, -0.05) is 12.1 Å². The third kappa shape index (κ3) is 2.90. The Morgan fingerprint density at radius 3 is 2.67 bits per heavy atom. The first-order valence-electron chi connectivity index (χ1n) is 3.71. The lowest BCUT2D eigenvalue weighted by Gasteiger charge is -2.08. The van der Waals surface area contributed by atoms with Gasteiger partial charge in [-0.15, -0.1) is 0 Å². The number of rotatable bonds is 4. The third-order valence-corrected chi connectivity index (χ3v) is 1.34. The van der Waals surface area contributed by atoms with Gasteiger partial charge in [0.2, 0.25) is 0 Å². The topological polar surface area (TPSA) is 49.7 Å². The largest absolute Gasteiger partial charge is 0.491 e. The summed E-state index contributed by atoms with van der Waals surface area (Å²) in [5, 5.41) is 17.4. The van der Waals surface area contributed by atoms with Gasteiger partial charge in [0.05, 0.1) is 6.61 Å². The van der Waals surface area contributed by atoms with Crippen molar-refractivity contribution < 1.29 is 14.9 Å². The van der Waals surface area contributed by atoms with E-state index in [9.17, 15) is 0 Å². The monoisotopic (exact) mass is 167 g/mol. The summed E-state index contributed by atoms with van der Waals surface area (Å²) >= 11 is 0. The zero-order valence-corrected chi connectivity index (χ0v) is 6.60. The van der Waals surface area contributed by atoms with Crippen molar-refractivity contribution in [3.63, 3.8) is 0 Å². The van der Waals surface area contributed by atoms with Crippen LogP contribution in [0, 0.1) is 6.07 Å². The van der Waals surface area contributed by atoms with Crippen LogP contribution < -0.4 is 4.74 Å². The minimum absolute atomic E-state index is 0.112. The van der Waals surface area contributed by atoms with Crippen molar-refractivity contribution in [2.24, 2.45) is 0 Å². The zero-order valence-electron chi connectivity index (χ0n) is 6.60. The molecule has 0 fully saturated rings. The second kappa shape index (κ2) is 4.74. The van der Waals surface area contributed by atoms with E-state index in [1.54, 1.807) is 24.3 Å². The molecule has 1 rings (SSSR count). The Bertz CT molecular complexity index is 210. The van der Waals surface area contributed by atoms with Gasteiger partial charge in [-0.2, -0.15) is 0 Å². The van der Waals surface area contributed by atoms with Crippen LogP contribution >= 0.6 is 0 Å². The maximum atomic E-state index is 8.94. The molecule has 1 aromatic rings. The molecule has 0 aliphatic rings. The summed E-state index contributed by atoms with van der Waals surface area (Å²) in [4.78, 5) is 0. The van der Waals surface area contributed by atoms with Gasteiger partial charge < -0.3 is 14.9 Å². The van der Waals surface area contributed by atoms with Crippen molar-refractivity contribution in [3.8, 4) is 5.75 Å². The minimum atomic E-state index is -0.811. The van der Waals surface area contributed by atoms with Crippen LogP contribution in [-0.2, 0) is 0 Å². The first-order valence-corrected chi connectivity index (χ1v) is 3.71. The maximum Gasteiger partial charge on any atom is 0.119 e. The van der Waals surface area contributed by atoms with E-state index in [2.05, 4.69) is 6.07 Å². The Hall–Kier alpha value is -1.06. The second-order valence-electron chi connectivity index (χ2n) is 2.38. The van der Waals surface area contributed by atoms with Crippen molar-refractivity contribution in [1.82, 2.24) is 0 Å². The first kappa shape index (κ1) is 9.03. The van der Waals surface area contributed by atoms with Gasteiger partial charge >= 0.3 is 0 Å². The standard InChI is InChI=1S/C9H11O3/c10-6-8(11)7-12-9-4-2-1-3-5-9/h2-5,8,10-11H,6-7H2. The molecule has 1 unspecified atom stereocenters. The van der Waals surface area contributed by atoms with Crippen molar-refractivity contribution >= 4 is 0 Å². The Kier molecular flexibility index (Phi) is 3.57. The summed E-state index contributed by atoms with van der Waals surface area (Å²) in [5.41, 5.74) is 0. The summed E-state index contributed by atoms with van der Waals surface area (Å²) < 4.78 is 5.13. The van der Waals surface area contributed by atoms with Gasteiger partial charge in [-0.25, -0.2) is 0 Å². The number of ether oxygens (including phenoxy) is 1. The smallest absolute Gasteiger partial charge is 0.119 e. The molecule has 0 amide bonds. The summed E-state index contributed by atoms with van der Waals surface area (Å²) in [7, 11) is 0. The predicted molar refractivity (Wildman–Crippen MR) is 43.9 cm³/mol. The molecule has 0 aliphatic carbocycles. The SMILES string of the molecule is OCC(O)COc1cc[c]cc1. The molecule has 0 bridgehead atoms. The number of aliphatic hydroxyl groups excluding tert-OH is 2. The Balaban J connectivity index is 2.33. The summed E-state index contributed by atoms with van der Waals surface area (Å²) in [6.07, 6.45) is -0.811. The molecule has 0 aliphatic heterocycles. The molecule has 2 N–H and O–H groups in total. The van der Waals surface area contributed by atoms with Gasteiger partial charge in [-0.3, -0.25) is 0 Å². The van der Waals surface area contributed by atoms with E-state index in [1.165, 1.54) is 0 Å². The van der Waals surface area contributed by atoms with Crippen LogP contribution in [-0.4, -0.2) is 29.5 Å². The summed E-state index contributed by atoms with van der Waals surface area (Å²) in [6.45, 7) is -0.167. The molecule has 12 heavy (non-hydrogen) atoms. The van der Waals surface area contributed by atoms with Gasteiger partial charge in [-0.05, 0) is 18.2 Å². The van der Waals surface area contributed by atoms with Crippen molar-refractivity contribution in [2.45, 2.75) is 6.10 Å². The van der Waals surface area contributed by atoms with Gasteiger partial charge in [0, 0.05) is 0 Å². The van der Waals surface area contributed by atoms with Crippen molar-refractivity contribution in [2.75, 3.05) is 13.2 Å². The molecule has 3 heteroatoms. The molecule has 0 saturated heterocycles. The third-order valence-electron chi connectivity index (χ3n) is 1.34. The molecular weight excluding hydrogens is 156 g/mol. The molecule has 65 valence electrons. The lowest BCUT2D eigenvalue weighted by atomic mass is 10.3. The van der Waals surface area contributed by atoms with Crippen LogP contribution in [0.1, 0.15) is 0 Å². The van der Waals surface area contributed by atoms with E-state index >= 15 is 0 Å². The molecule has 0 aromatic heterocycles. The van der Waals surface area contributed by atoms with E-state index in [4.69, 9.17) is 14.9 Å². The van der Waals surface area contributed by atoms with Crippen LogP contribution in [0.3, 0.4) is 0 Å². The lowest BCUT2D eigenvalue weighted by molar-refractivity contribution is 0.0536. The van der Waals surface area contributed by atoms with E-state index in [0.717, 1.165) is 0 Å². The Labute approximate surface area is 71.2 Å². The van der Waals surface area contributed by atoms with E-state index in [0.29, 0.717) is 5.75 Å². The van der Waals surface area contributed by atoms with E-state index < -0.39 is 6.10 Å². The van der Waals surface area contributed by atoms with E-state index in [-0.39, 0.29) is 13.2 Å². The lowest BCUT2D eigenvalue weighted by Crippen LogP contribution is -2.21.